The molecule has 82 valence electrons. The molecule has 0 unspecified atom stereocenters. The number of nitrogens with two attached hydrogens (primary N) is 1. The average molecular weight is 226 g/mol. The number of anilines is 1. The summed E-state index contributed by atoms with van der Waals surface area (Å²) in [4.78, 5) is 0. The largest absolute Gasteiger partial charge is 0.326 e. The third-order valence-corrected chi connectivity index (χ3v) is 4.43. The van der Waals surface area contributed by atoms with Crippen molar-refractivity contribution in [1.82, 2.24) is 0 Å². The van der Waals surface area contributed by atoms with Gasteiger partial charge in [-0.25, -0.2) is 8.42 Å². The first-order valence-corrected chi connectivity index (χ1v) is 6.54. The molecule has 2 N–H and O–H groups in total. The third-order valence-electron chi connectivity index (χ3n) is 2.56. The van der Waals surface area contributed by atoms with E-state index in [1.54, 1.807) is 0 Å². The number of hydrogen-bond donors (Lipinski definition) is 1. The van der Waals surface area contributed by atoms with E-state index in [1.807, 2.05) is 24.3 Å². The normalized spacial score (nSPS) is 19.4. The molecule has 0 amide bonds. The summed E-state index contributed by atoms with van der Waals surface area (Å²) in [6, 6.07) is 7.35. The molecule has 1 aliphatic rings. The van der Waals surface area contributed by atoms with Crippen molar-refractivity contribution in [2.24, 2.45) is 5.73 Å². The van der Waals surface area contributed by atoms with E-state index in [4.69, 9.17) is 5.73 Å². The van der Waals surface area contributed by atoms with E-state index in [0.717, 1.165) is 11.3 Å². The van der Waals surface area contributed by atoms with E-state index in [0.29, 0.717) is 19.5 Å². The van der Waals surface area contributed by atoms with Gasteiger partial charge in [0.2, 0.25) is 10.0 Å². The van der Waals surface area contributed by atoms with Gasteiger partial charge in [-0.1, -0.05) is 12.1 Å². The van der Waals surface area contributed by atoms with Crippen LogP contribution >= 0.6 is 0 Å². The summed E-state index contributed by atoms with van der Waals surface area (Å²) >= 11 is 0. The molecule has 1 aromatic rings. The lowest BCUT2D eigenvalue weighted by Crippen LogP contribution is -2.24. The monoisotopic (exact) mass is 226 g/mol. The zero-order valence-corrected chi connectivity index (χ0v) is 9.20. The standard InChI is InChI=1S/C10H14N2O2S/c11-8-9-2-4-10(5-3-9)12-6-1-7-15(12,13)14/h2-5H,1,6-8,11H2. The minimum atomic E-state index is -3.06. The number of sulfonamides is 1. The van der Waals surface area contributed by atoms with Gasteiger partial charge in [0.05, 0.1) is 11.4 Å². The molecule has 1 fully saturated rings. The van der Waals surface area contributed by atoms with Crippen LogP contribution in [0.1, 0.15) is 12.0 Å². The summed E-state index contributed by atoms with van der Waals surface area (Å²) in [5, 5.41) is 0. The fourth-order valence-corrected chi connectivity index (χ4v) is 3.29. The van der Waals surface area contributed by atoms with Crippen molar-refractivity contribution >= 4 is 15.7 Å². The van der Waals surface area contributed by atoms with Gasteiger partial charge in [0.15, 0.2) is 0 Å². The van der Waals surface area contributed by atoms with Crippen LogP contribution in [0.3, 0.4) is 0 Å². The Labute approximate surface area is 89.7 Å². The van der Waals surface area contributed by atoms with Crippen LogP contribution in [0, 0.1) is 0 Å². The molecule has 1 heterocycles. The Bertz CT molecular complexity index is 439. The summed E-state index contributed by atoms with van der Waals surface area (Å²) in [5.41, 5.74) is 7.22. The van der Waals surface area contributed by atoms with Gasteiger partial charge < -0.3 is 5.73 Å². The molecule has 15 heavy (non-hydrogen) atoms. The minimum Gasteiger partial charge on any atom is -0.326 e. The van der Waals surface area contributed by atoms with Crippen LogP contribution in [0.25, 0.3) is 0 Å². The summed E-state index contributed by atoms with van der Waals surface area (Å²) in [5.74, 6) is 0.256. The second-order valence-corrected chi connectivity index (χ2v) is 5.63. The predicted octanol–water partition coefficient (Wildman–Crippen LogP) is 0.685. The van der Waals surface area contributed by atoms with Gasteiger partial charge in [-0.15, -0.1) is 0 Å². The molecule has 1 aliphatic heterocycles. The highest BCUT2D eigenvalue weighted by atomic mass is 32.2. The van der Waals surface area contributed by atoms with Gasteiger partial charge in [-0.2, -0.15) is 0 Å². The van der Waals surface area contributed by atoms with E-state index in [2.05, 4.69) is 0 Å². The lowest BCUT2D eigenvalue weighted by atomic mass is 10.2. The first kappa shape index (κ1) is 10.4. The van der Waals surface area contributed by atoms with Crippen LogP contribution in [0.5, 0.6) is 0 Å². The van der Waals surface area contributed by atoms with E-state index >= 15 is 0 Å². The highest BCUT2D eigenvalue weighted by molar-refractivity contribution is 7.93. The first-order chi connectivity index (χ1) is 7.13. The van der Waals surface area contributed by atoms with Gasteiger partial charge in [-0.05, 0) is 24.1 Å². The zero-order valence-electron chi connectivity index (χ0n) is 8.39. The fourth-order valence-electron chi connectivity index (χ4n) is 1.73. The van der Waals surface area contributed by atoms with E-state index in [9.17, 15) is 8.42 Å². The van der Waals surface area contributed by atoms with Crippen LogP contribution in [-0.2, 0) is 16.6 Å². The Hall–Kier alpha value is -1.07. The molecule has 1 aromatic carbocycles. The molecule has 0 radical (unpaired) electrons. The van der Waals surface area contributed by atoms with Crippen molar-refractivity contribution in [3.63, 3.8) is 0 Å². The van der Waals surface area contributed by atoms with E-state index in [-0.39, 0.29) is 5.75 Å². The molecule has 0 aromatic heterocycles. The zero-order chi connectivity index (χ0) is 10.9. The second-order valence-electron chi connectivity index (χ2n) is 3.61. The van der Waals surface area contributed by atoms with E-state index in [1.165, 1.54) is 4.31 Å². The van der Waals surface area contributed by atoms with E-state index < -0.39 is 10.0 Å². The maximum atomic E-state index is 11.6. The van der Waals surface area contributed by atoms with Gasteiger partial charge >= 0.3 is 0 Å². The Balaban J connectivity index is 2.30. The molecule has 4 nitrogen and oxygen atoms in total. The lowest BCUT2D eigenvalue weighted by Gasteiger charge is -2.16. The number of nitrogens with zero attached hydrogens (tertiary/aromatic N) is 1. The molecule has 1 saturated heterocycles. The van der Waals surface area contributed by atoms with Gasteiger partial charge in [0, 0.05) is 13.1 Å². The van der Waals surface area contributed by atoms with Crippen LogP contribution in [0.4, 0.5) is 5.69 Å². The number of rotatable bonds is 2. The molecule has 0 aliphatic carbocycles. The molecule has 5 heteroatoms. The van der Waals surface area contributed by atoms with Gasteiger partial charge in [-0.3, -0.25) is 4.31 Å². The SMILES string of the molecule is NCc1ccc(N2CCCS2(=O)=O)cc1. The van der Waals surface area contributed by atoms with Crippen molar-refractivity contribution in [3.05, 3.63) is 29.8 Å². The van der Waals surface area contributed by atoms with Crippen LogP contribution in [0.2, 0.25) is 0 Å². The smallest absolute Gasteiger partial charge is 0.235 e. The quantitative estimate of drug-likeness (QED) is 0.806. The Morgan fingerprint density at radius 3 is 2.40 bits per heavy atom. The van der Waals surface area contributed by atoms with Crippen LogP contribution < -0.4 is 10.0 Å². The second kappa shape index (κ2) is 3.83. The summed E-state index contributed by atoms with van der Waals surface area (Å²) in [6.45, 7) is 1.07. The Kier molecular flexibility index (Phi) is 2.67. The van der Waals surface area contributed by atoms with Crippen molar-refractivity contribution in [2.75, 3.05) is 16.6 Å². The molecule has 0 atom stereocenters. The minimum absolute atomic E-state index is 0.256. The van der Waals surface area contributed by atoms with Crippen molar-refractivity contribution in [3.8, 4) is 0 Å². The summed E-state index contributed by atoms with van der Waals surface area (Å²) in [7, 11) is -3.06. The molecular formula is C10H14N2O2S. The predicted molar refractivity (Wildman–Crippen MR) is 60.1 cm³/mol. The third kappa shape index (κ3) is 1.98. The number of hydrogen-bond acceptors (Lipinski definition) is 3. The van der Waals surface area contributed by atoms with Crippen molar-refractivity contribution in [2.45, 2.75) is 13.0 Å². The highest BCUT2D eigenvalue weighted by Gasteiger charge is 2.27. The maximum absolute atomic E-state index is 11.6. The Morgan fingerprint density at radius 1 is 1.27 bits per heavy atom. The van der Waals surface area contributed by atoms with Crippen molar-refractivity contribution < 1.29 is 8.42 Å². The molecule has 2 rings (SSSR count). The van der Waals surface area contributed by atoms with Crippen LogP contribution in [-0.4, -0.2) is 20.7 Å². The first-order valence-electron chi connectivity index (χ1n) is 4.93. The molecule has 0 saturated carbocycles. The molecule has 0 spiro atoms. The lowest BCUT2D eigenvalue weighted by molar-refractivity contribution is 0.599. The van der Waals surface area contributed by atoms with Crippen molar-refractivity contribution in [1.29, 1.82) is 0 Å². The molecular weight excluding hydrogens is 212 g/mol. The molecule has 0 bridgehead atoms. The van der Waals surface area contributed by atoms with Gasteiger partial charge in [0.1, 0.15) is 0 Å². The average Bonchev–Trinajstić information content (AvgIpc) is 2.58. The summed E-state index contributed by atoms with van der Waals surface area (Å²) in [6.07, 6.45) is 0.709. The highest BCUT2D eigenvalue weighted by Crippen LogP contribution is 2.23. The maximum Gasteiger partial charge on any atom is 0.235 e. The Morgan fingerprint density at radius 2 is 1.93 bits per heavy atom. The summed E-state index contributed by atoms with van der Waals surface area (Å²) < 4.78 is 24.7. The number of benzene rings is 1. The topological polar surface area (TPSA) is 63.4 Å². The van der Waals surface area contributed by atoms with Crippen LogP contribution in [0.15, 0.2) is 24.3 Å². The fraction of sp³-hybridized carbons (Fsp3) is 0.400. The van der Waals surface area contributed by atoms with Gasteiger partial charge in [0.25, 0.3) is 0 Å².